The lowest BCUT2D eigenvalue weighted by Gasteiger charge is -2.20. The summed E-state index contributed by atoms with van der Waals surface area (Å²) in [6.07, 6.45) is 0. The molecule has 1 unspecified atom stereocenters. The van der Waals surface area contributed by atoms with E-state index in [4.69, 9.17) is 14.2 Å². The Morgan fingerprint density at radius 1 is 1.05 bits per heavy atom. The van der Waals surface area contributed by atoms with Gasteiger partial charge in [-0.2, -0.15) is 0 Å². The monoisotopic (exact) mass is 282 g/mol. The van der Waals surface area contributed by atoms with E-state index in [0.29, 0.717) is 17.5 Å². The van der Waals surface area contributed by atoms with Crippen LogP contribution in [0.4, 0.5) is 0 Å². The quantitative estimate of drug-likeness (QED) is 0.787. The molecule has 0 saturated heterocycles. The van der Waals surface area contributed by atoms with Gasteiger partial charge in [-0.25, -0.2) is 0 Å². The minimum atomic E-state index is 0.391. The zero-order chi connectivity index (χ0) is 15.1. The molecule has 20 heavy (non-hydrogen) atoms. The molecule has 0 aliphatic carbocycles. The molecule has 0 aliphatic heterocycles. The van der Waals surface area contributed by atoms with Crippen LogP contribution < -0.4 is 19.5 Å². The van der Waals surface area contributed by atoms with Crippen LogP contribution in [0.25, 0.3) is 0 Å². The number of hydrogen-bond donors (Lipinski definition) is 1. The minimum absolute atomic E-state index is 0.391. The first-order valence-corrected chi connectivity index (χ1v) is 6.69. The van der Waals surface area contributed by atoms with Crippen molar-refractivity contribution in [2.24, 2.45) is 0 Å². The van der Waals surface area contributed by atoms with Gasteiger partial charge in [0, 0.05) is 24.7 Å². The fourth-order valence-corrected chi connectivity index (χ4v) is 2.20. The van der Waals surface area contributed by atoms with Crippen molar-refractivity contribution in [2.45, 2.75) is 19.5 Å². The number of hydrogen-bond acceptors (Lipinski definition) is 5. The van der Waals surface area contributed by atoms with Gasteiger partial charge in [0.05, 0.1) is 21.3 Å². The molecule has 5 heteroatoms. The van der Waals surface area contributed by atoms with Gasteiger partial charge >= 0.3 is 0 Å². The molecule has 114 valence electrons. The molecule has 0 aliphatic rings. The van der Waals surface area contributed by atoms with Crippen LogP contribution in [-0.4, -0.2) is 52.9 Å². The summed E-state index contributed by atoms with van der Waals surface area (Å²) in [5.74, 6) is 2.03. The SMILES string of the molecule is COc1ccc(CNC(C)CN(C)C)c(OC)c1OC. The summed E-state index contributed by atoms with van der Waals surface area (Å²) < 4.78 is 16.1. The van der Waals surface area contributed by atoms with Gasteiger partial charge in [0.25, 0.3) is 0 Å². The lowest BCUT2D eigenvalue weighted by atomic mass is 10.1. The third kappa shape index (κ3) is 4.28. The highest BCUT2D eigenvalue weighted by Gasteiger charge is 2.16. The topological polar surface area (TPSA) is 43.0 Å². The summed E-state index contributed by atoms with van der Waals surface area (Å²) in [4.78, 5) is 2.16. The smallest absolute Gasteiger partial charge is 0.203 e. The molecule has 1 atom stereocenters. The molecule has 0 spiro atoms. The fourth-order valence-electron chi connectivity index (χ4n) is 2.20. The summed E-state index contributed by atoms with van der Waals surface area (Å²) in [6, 6.07) is 4.28. The van der Waals surface area contributed by atoms with Crippen molar-refractivity contribution in [3.8, 4) is 17.2 Å². The summed E-state index contributed by atoms with van der Waals surface area (Å²) >= 11 is 0. The Bertz CT molecular complexity index is 422. The summed E-state index contributed by atoms with van der Waals surface area (Å²) in [6.45, 7) is 3.86. The van der Waals surface area contributed by atoms with Gasteiger partial charge in [0.15, 0.2) is 11.5 Å². The Labute approximate surface area is 121 Å². The Kier molecular flexibility index (Phi) is 6.61. The van der Waals surface area contributed by atoms with Crippen molar-refractivity contribution in [3.05, 3.63) is 17.7 Å². The maximum Gasteiger partial charge on any atom is 0.203 e. The number of ether oxygens (including phenoxy) is 3. The summed E-state index contributed by atoms with van der Waals surface area (Å²) in [7, 11) is 9.01. The van der Waals surface area contributed by atoms with Crippen LogP contribution in [-0.2, 0) is 6.54 Å². The van der Waals surface area contributed by atoms with E-state index in [2.05, 4.69) is 31.2 Å². The molecule has 0 heterocycles. The highest BCUT2D eigenvalue weighted by molar-refractivity contribution is 5.55. The predicted molar refractivity (Wildman–Crippen MR) is 81.0 cm³/mol. The normalized spacial score (nSPS) is 12.3. The first-order valence-electron chi connectivity index (χ1n) is 6.69. The van der Waals surface area contributed by atoms with Crippen molar-refractivity contribution in [2.75, 3.05) is 42.0 Å². The van der Waals surface area contributed by atoms with E-state index in [1.54, 1.807) is 21.3 Å². The third-order valence-electron chi connectivity index (χ3n) is 3.07. The first-order chi connectivity index (χ1) is 9.53. The molecule has 1 aromatic carbocycles. The van der Waals surface area contributed by atoms with Crippen molar-refractivity contribution < 1.29 is 14.2 Å². The molecule has 1 N–H and O–H groups in total. The lowest BCUT2D eigenvalue weighted by molar-refractivity contribution is 0.319. The molecule has 0 bridgehead atoms. The van der Waals surface area contributed by atoms with Crippen LogP contribution in [0.5, 0.6) is 17.2 Å². The highest BCUT2D eigenvalue weighted by Crippen LogP contribution is 2.39. The number of methoxy groups -OCH3 is 3. The zero-order valence-electron chi connectivity index (χ0n) is 13.3. The third-order valence-corrected chi connectivity index (χ3v) is 3.07. The molecule has 1 rings (SSSR count). The van der Waals surface area contributed by atoms with Crippen LogP contribution in [0.2, 0.25) is 0 Å². The van der Waals surface area contributed by atoms with Crippen LogP contribution in [0.3, 0.4) is 0 Å². The summed E-state index contributed by atoms with van der Waals surface area (Å²) in [5, 5.41) is 3.48. The average molecular weight is 282 g/mol. The van der Waals surface area contributed by atoms with E-state index in [1.165, 1.54) is 0 Å². The molecule has 0 radical (unpaired) electrons. The van der Waals surface area contributed by atoms with Gasteiger partial charge in [0.1, 0.15) is 0 Å². The average Bonchev–Trinajstić information content (AvgIpc) is 2.42. The number of benzene rings is 1. The van der Waals surface area contributed by atoms with E-state index in [0.717, 1.165) is 24.4 Å². The number of likely N-dealkylation sites (N-methyl/N-ethyl adjacent to an activating group) is 1. The zero-order valence-corrected chi connectivity index (χ0v) is 13.3. The van der Waals surface area contributed by atoms with Gasteiger partial charge in [-0.1, -0.05) is 6.07 Å². The molecule has 0 fully saturated rings. The molecule has 0 aromatic heterocycles. The standard InChI is InChI=1S/C15H26N2O3/c1-11(10-17(2)3)16-9-12-7-8-13(18-4)15(20-6)14(12)19-5/h7-8,11,16H,9-10H2,1-6H3. The van der Waals surface area contributed by atoms with Crippen LogP contribution in [0.15, 0.2) is 12.1 Å². The van der Waals surface area contributed by atoms with Gasteiger partial charge in [-0.15, -0.1) is 0 Å². The van der Waals surface area contributed by atoms with Crippen molar-refractivity contribution in [3.63, 3.8) is 0 Å². The van der Waals surface area contributed by atoms with Gasteiger partial charge in [0.2, 0.25) is 5.75 Å². The molecule has 5 nitrogen and oxygen atoms in total. The number of nitrogens with one attached hydrogen (secondary N) is 1. The molecular formula is C15H26N2O3. The second-order valence-electron chi connectivity index (χ2n) is 5.04. The number of nitrogens with zero attached hydrogens (tertiary/aromatic N) is 1. The molecule has 0 amide bonds. The largest absolute Gasteiger partial charge is 0.493 e. The highest BCUT2D eigenvalue weighted by atomic mass is 16.5. The minimum Gasteiger partial charge on any atom is -0.493 e. The first kappa shape index (κ1) is 16.6. The molecular weight excluding hydrogens is 256 g/mol. The van der Waals surface area contributed by atoms with E-state index >= 15 is 0 Å². The van der Waals surface area contributed by atoms with E-state index in [9.17, 15) is 0 Å². The number of rotatable bonds is 8. The van der Waals surface area contributed by atoms with Gasteiger partial charge < -0.3 is 24.4 Å². The Balaban J connectivity index is 2.85. The van der Waals surface area contributed by atoms with Crippen LogP contribution in [0, 0.1) is 0 Å². The van der Waals surface area contributed by atoms with E-state index in [-0.39, 0.29) is 0 Å². The fraction of sp³-hybridized carbons (Fsp3) is 0.600. The van der Waals surface area contributed by atoms with Gasteiger partial charge in [-0.3, -0.25) is 0 Å². The van der Waals surface area contributed by atoms with Crippen molar-refractivity contribution in [1.29, 1.82) is 0 Å². The van der Waals surface area contributed by atoms with Crippen LogP contribution >= 0.6 is 0 Å². The van der Waals surface area contributed by atoms with Gasteiger partial charge in [-0.05, 0) is 27.1 Å². The van der Waals surface area contributed by atoms with Crippen LogP contribution in [0.1, 0.15) is 12.5 Å². The second kappa shape index (κ2) is 7.97. The summed E-state index contributed by atoms with van der Waals surface area (Å²) in [5.41, 5.74) is 1.05. The Morgan fingerprint density at radius 2 is 1.70 bits per heavy atom. The molecule has 0 saturated carbocycles. The molecule has 1 aromatic rings. The van der Waals surface area contributed by atoms with Crippen molar-refractivity contribution >= 4 is 0 Å². The maximum atomic E-state index is 5.47. The second-order valence-corrected chi connectivity index (χ2v) is 5.04. The maximum absolute atomic E-state index is 5.47. The lowest BCUT2D eigenvalue weighted by Crippen LogP contribution is -2.35. The van der Waals surface area contributed by atoms with E-state index < -0.39 is 0 Å². The van der Waals surface area contributed by atoms with Crippen molar-refractivity contribution in [1.82, 2.24) is 10.2 Å². The van der Waals surface area contributed by atoms with E-state index in [1.807, 2.05) is 12.1 Å². The Morgan fingerprint density at radius 3 is 2.20 bits per heavy atom. The predicted octanol–water partition coefficient (Wildman–Crippen LogP) is 1.75. The Hall–Kier alpha value is -1.46.